The summed E-state index contributed by atoms with van der Waals surface area (Å²) in [5, 5.41) is 0. The zero-order chi connectivity index (χ0) is 15.7. The predicted octanol–water partition coefficient (Wildman–Crippen LogP) is 3.95. The van der Waals surface area contributed by atoms with E-state index in [4.69, 9.17) is 5.73 Å². The average Bonchev–Trinajstić information content (AvgIpc) is 2.37. The summed E-state index contributed by atoms with van der Waals surface area (Å²) in [6.07, 6.45) is -4.83. The summed E-state index contributed by atoms with van der Waals surface area (Å²) in [7, 11) is 0. The van der Waals surface area contributed by atoms with Crippen LogP contribution in [0.5, 0.6) is 5.75 Å². The minimum Gasteiger partial charge on any atom is -0.405 e. The van der Waals surface area contributed by atoms with Gasteiger partial charge in [-0.25, -0.2) is 4.39 Å². The highest BCUT2D eigenvalue weighted by Crippen LogP contribution is 2.36. The molecule has 0 heterocycles. The van der Waals surface area contributed by atoms with Crippen molar-refractivity contribution >= 4 is 0 Å². The second kappa shape index (κ2) is 5.37. The molecule has 1 unspecified atom stereocenters. The molecule has 21 heavy (non-hydrogen) atoms. The van der Waals surface area contributed by atoms with Crippen molar-refractivity contribution in [1.82, 2.24) is 0 Å². The van der Waals surface area contributed by atoms with Gasteiger partial charge in [-0.1, -0.05) is 30.3 Å². The molecule has 2 N–H and O–H groups in total. The van der Waals surface area contributed by atoms with Gasteiger partial charge in [0, 0.05) is 5.56 Å². The molecule has 0 saturated carbocycles. The Bertz CT molecular complexity index is 638. The molecule has 6 heteroatoms. The predicted molar refractivity (Wildman–Crippen MR) is 70.2 cm³/mol. The lowest BCUT2D eigenvalue weighted by molar-refractivity contribution is -0.275. The number of alkyl halides is 3. The number of ether oxygens (including phenoxy) is 1. The van der Waals surface area contributed by atoms with Crippen LogP contribution in [-0.4, -0.2) is 6.36 Å². The van der Waals surface area contributed by atoms with Crippen molar-refractivity contribution in [2.45, 2.75) is 18.8 Å². The quantitative estimate of drug-likeness (QED) is 0.871. The SMILES string of the molecule is CC(N)(c1cccc(F)c1)c1ccccc1OC(F)(F)F. The van der Waals surface area contributed by atoms with E-state index in [-0.39, 0.29) is 5.56 Å². The molecule has 112 valence electrons. The minimum atomic E-state index is -4.83. The van der Waals surface area contributed by atoms with Crippen molar-refractivity contribution in [1.29, 1.82) is 0 Å². The van der Waals surface area contributed by atoms with E-state index in [2.05, 4.69) is 4.74 Å². The Kier molecular flexibility index (Phi) is 3.91. The van der Waals surface area contributed by atoms with Crippen molar-refractivity contribution < 1.29 is 22.3 Å². The molecule has 1 atom stereocenters. The van der Waals surface area contributed by atoms with Gasteiger partial charge in [-0.05, 0) is 30.7 Å². The van der Waals surface area contributed by atoms with Gasteiger partial charge in [0.05, 0.1) is 5.54 Å². The number of nitrogens with two attached hydrogens (primary N) is 1. The Labute approximate surface area is 119 Å². The maximum Gasteiger partial charge on any atom is 0.573 e. The van der Waals surface area contributed by atoms with Crippen molar-refractivity contribution in [2.75, 3.05) is 0 Å². The molecule has 0 radical (unpaired) electrons. The first kappa shape index (κ1) is 15.3. The second-order valence-electron chi connectivity index (χ2n) is 4.76. The van der Waals surface area contributed by atoms with Crippen molar-refractivity contribution in [3.8, 4) is 5.75 Å². The summed E-state index contributed by atoms with van der Waals surface area (Å²) in [5.41, 5.74) is 5.27. The van der Waals surface area contributed by atoms with E-state index < -0.39 is 23.5 Å². The average molecular weight is 299 g/mol. The molecular formula is C15H13F4NO. The third kappa shape index (κ3) is 3.52. The monoisotopic (exact) mass is 299 g/mol. The number of hydrogen-bond acceptors (Lipinski definition) is 2. The zero-order valence-corrected chi connectivity index (χ0v) is 11.1. The largest absolute Gasteiger partial charge is 0.573 e. The minimum absolute atomic E-state index is 0.118. The number of benzene rings is 2. The lowest BCUT2D eigenvalue weighted by atomic mass is 9.85. The van der Waals surface area contributed by atoms with Gasteiger partial charge in [0.2, 0.25) is 0 Å². The maximum absolute atomic E-state index is 13.3. The molecule has 2 aromatic rings. The summed E-state index contributed by atoms with van der Waals surface area (Å²) in [5.74, 6) is -0.919. The summed E-state index contributed by atoms with van der Waals surface area (Å²) in [6, 6.07) is 11.0. The summed E-state index contributed by atoms with van der Waals surface area (Å²) in [6.45, 7) is 1.50. The Balaban J connectivity index is 2.50. The standard InChI is InChI=1S/C15H13F4NO/c1-14(20,10-5-4-6-11(16)9-10)12-7-2-3-8-13(12)21-15(17,18)19/h2-9H,20H2,1H3. The highest BCUT2D eigenvalue weighted by atomic mass is 19.4. The van der Waals surface area contributed by atoms with Crippen LogP contribution in [0.1, 0.15) is 18.1 Å². The van der Waals surface area contributed by atoms with Crippen molar-refractivity contribution in [3.05, 3.63) is 65.5 Å². The molecule has 0 saturated heterocycles. The van der Waals surface area contributed by atoms with Gasteiger partial charge < -0.3 is 10.5 Å². The first-order chi connectivity index (χ1) is 9.70. The lowest BCUT2D eigenvalue weighted by Gasteiger charge is -2.28. The summed E-state index contributed by atoms with van der Waals surface area (Å²) < 4.78 is 54.7. The molecule has 0 aliphatic carbocycles. The van der Waals surface area contributed by atoms with Gasteiger partial charge in [0.15, 0.2) is 0 Å². The van der Waals surface area contributed by atoms with Crippen LogP contribution in [0.4, 0.5) is 17.6 Å². The molecular weight excluding hydrogens is 286 g/mol. The number of hydrogen-bond donors (Lipinski definition) is 1. The number of halogens is 4. The molecule has 0 spiro atoms. The van der Waals surface area contributed by atoms with Crippen molar-refractivity contribution in [3.63, 3.8) is 0 Å². The van der Waals surface area contributed by atoms with Gasteiger partial charge >= 0.3 is 6.36 Å². The number of para-hydroxylation sites is 1. The van der Waals surface area contributed by atoms with Crippen LogP contribution in [0.2, 0.25) is 0 Å². The normalized spacial score (nSPS) is 14.6. The summed E-state index contributed by atoms with van der Waals surface area (Å²) in [4.78, 5) is 0. The molecule has 0 aromatic heterocycles. The molecule has 0 aliphatic rings. The highest BCUT2D eigenvalue weighted by Gasteiger charge is 2.35. The Morgan fingerprint density at radius 1 is 1.00 bits per heavy atom. The van der Waals surface area contributed by atoms with E-state index in [1.54, 1.807) is 12.1 Å². The molecule has 2 nitrogen and oxygen atoms in total. The first-order valence-corrected chi connectivity index (χ1v) is 6.10. The Morgan fingerprint density at radius 3 is 2.29 bits per heavy atom. The molecule has 0 aliphatic heterocycles. The molecule has 0 fully saturated rings. The summed E-state index contributed by atoms with van der Waals surface area (Å²) >= 11 is 0. The fourth-order valence-electron chi connectivity index (χ4n) is 2.08. The highest BCUT2D eigenvalue weighted by molar-refractivity contribution is 5.45. The Morgan fingerprint density at radius 2 is 1.67 bits per heavy atom. The van der Waals surface area contributed by atoms with Crippen LogP contribution in [0.25, 0.3) is 0 Å². The van der Waals surface area contributed by atoms with Crippen LogP contribution in [-0.2, 0) is 5.54 Å². The number of rotatable bonds is 3. The molecule has 0 bridgehead atoms. The van der Waals surface area contributed by atoms with Gasteiger partial charge in [0.1, 0.15) is 11.6 Å². The third-order valence-electron chi connectivity index (χ3n) is 3.10. The van der Waals surface area contributed by atoms with E-state index in [1.807, 2.05) is 0 Å². The molecule has 2 aromatic carbocycles. The van der Waals surface area contributed by atoms with E-state index >= 15 is 0 Å². The van der Waals surface area contributed by atoms with Crippen molar-refractivity contribution in [2.24, 2.45) is 5.73 Å². The topological polar surface area (TPSA) is 35.2 Å². The first-order valence-electron chi connectivity index (χ1n) is 6.10. The van der Waals surface area contributed by atoms with E-state index in [0.29, 0.717) is 5.56 Å². The smallest absolute Gasteiger partial charge is 0.405 e. The van der Waals surface area contributed by atoms with E-state index in [9.17, 15) is 17.6 Å². The fraction of sp³-hybridized carbons (Fsp3) is 0.200. The maximum atomic E-state index is 13.3. The third-order valence-corrected chi connectivity index (χ3v) is 3.10. The van der Waals surface area contributed by atoms with Crippen LogP contribution in [0.3, 0.4) is 0 Å². The zero-order valence-electron chi connectivity index (χ0n) is 11.1. The van der Waals surface area contributed by atoms with Crippen LogP contribution < -0.4 is 10.5 Å². The van der Waals surface area contributed by atoms with Gasteiger partial charge in [-0.15, -0.1) is 13.2 Å². The second-order valence-corrected chi connectivity index (χ2v) is 4.76. The fourth-order valence-corrected chi connectivity index (χ4v) is 2.08. The molecule has 2 rings (SSSR count). The molecule has 0 amide bonds. The van der Waals surface area contributed by atoms with Crippen LogP contribution in [0.15, 0.2) is 48.5 Å². The van der Waals surface area contributed by atoms with Gasteiger partial charge in [0.25, 0.3) is 0 Å². The van der Waals surface area contributed by atoms with E-state index in [1.165, 1.54) is 43.3 Å². The van der Waals surface area contributed by atoms with Gasteiger partial charge in [-0.2, -0.15) is 0 Å². The van der Waals surface area contributed by atoms with Crippen LogP contribution in [0, 0.1) is 5.82 Å². The van der Waals surface area contributed by atoms with Crippen LogP contribution >= 0.6 is 0 Å². The lowest BCUT2D eigenvalue weighted by Crippen LogP contribution is -2.35. The Hall–Kier alpha value is -2.08. The van der Waals surface area contributed by atoms with Gasteiger partial charge in [-0.3, -0.25) is 0 Å². The van der Waals surface area contributed by atoms with E-state index in [0.717, 1.165) is 0 Å².